The molecule has 3 aromatic rings. The summed E-state index contributed by atoms with van der Waals surface area (Å²) in [5.74, 6) is 0.184. The maximum atomic E-state index is 12.3. The van der Waals surface area contributed by atoms with Crippen LogP contribution in [0.25, 0.3) is 10.8 Å². The normalized spacial score (nSPS) is 11.8. The van der Waals surface area contributed by atoms with Crippen molar-refractivity contribution in [2.75, 3.05) is 6.61 Å². The van der Waals surface area contributed by atoms with Crippen LogP contribution in [0.1, 0.15) is 40.0 Å². The SMILES string of the molecule is Cc1ccc([C@@H](C)NC(=O)COc2ccc3ccccc3c2C=O)cc1C. The van der Waals surface area contributed by atoms with Crippen LogP contribution in [0.5, 0.6) is 5.75 Å². The number of fused-ring (bicyclic) bond motifs is 1. The second kappa shape index (κ2) is 8.04. The number of amides is 1. The molecular weight excluding hydrogens is 338 g/mol. The van der Waals surface area contributed by atoms with Gasteiger partial charge in [0.05, 0.1) is 11.6 Å². The highest BCUT2D eigenvalue weighted by Crippen LogP contribution is 2.26. The molecule has 0 aliphatic carbocycles. The van der Waals surface area contributed by atoms with Gasteiger partial charge in [-0.05, 0) is 54.3 Å². The molecule has 0 spiro atoms. The first-order valence-corrected chi connectivity index (χ1v) is 8.96. The molecule has 0 radical (unpaired) electrons. The Balaban J connectivity index is 1.67. The molecular formula is C23H23NO3. The number of ether oxygens (including phenoxy) is 1. The summed E-state index contributed by atoms with van der Waals surface area (Å²) in [6.07, 6.45) is 0.771. The Morgan fingerprint density at radius 2 is 1.85 bits per heavy atom. The molecule has 0 heterocycles. The highest BCUT2D eigenvalue weighted by Gasteiger charge is 2.13. The smallest absolute Gasteiger partial charge is 0.258 e. The summed E-state index contributed by atoms with van der Waals surface area (Å²) in [5.41, 5.74) is 3.92. The lowest BCUT2D eigenvalue weighted by molar-refractivity contribution is -0.123. The largest absolute Gasteiger partial charge is 0.483 e. The predicted molar refractivity (Wildman–Crippen MR) is 107 cm³/mol. The van der Waals surface area contributed by atoms with Crippen LogP contribution < -0.4 is 10.1 Å². The first-order chi connectivity index (χ1) is 13.0. The van der Waals surface area contributed by atoms with Crippen molar-refractivity contribution in [2.24, 2.45) is 0 Å². The van der Waals surface area contributed by atoms with Gasteiger partial charge in [0, 0.05) is 0 Å². The predicted octanol–water partition coefficient (Wildman–Crippen LogP) is 4.53. The second-order valence-corrected chi connectivity index (χ2v) is 6.74. The highest BCUT2D eigenvalue weighted by atomic mass is 16.5. The lowest BCUT2D eigenvalue weighted by Crippen LogP contribution is -2.31. The Morgan fingerprint density at radius 3 is 2.59 bits per heavy atom. The minimum Gasteiger partial charge on any atom is -0.483 e. The van der Waals surface area contributed by atoms with E-state index in [-0.39, 0.29) is 18.6 Å². The number of hydrogen-bond acceptors (Lipinski definition) is 3. The minimum atomic E-state index is -0.231. The molecule has 0 saturated heterocycles. The van der Waals surface area contributed by atoms with Crippen LogP contribution in [0.15, 0.2) is 54.6 Å². The fourth-order valence-corrected chi connectivity index (χ4v) is 3.07. The molecule has 0 fully saturated rings. The second-order valence-electron chi connectivity index (χ2n) is 6.74. The molecule has 4 heteroatoms. The number of nitrogens with one attached hydrogen (secondary N) is 1. The van der Waals surface area contributed by atoms with Gasteiger partial charge in [0.15, 0.2) is 12.9 Å². The van der Waals surface area contributed by atoms with Crippen LogP contribution in [0.2, 0.25) is 0 Å². The number of hydrogen-bond donors (Lipinski definition) is 1. The van der Waals surface area contributed by atoms with Crippen molar-refractivity contribution in [3.63, 3.8) is 0 Å². The van der Waals surface area contributed by atoms with Crippen molar-refractivity contribution in [3.8, 4) is 5.75 Å². The van der Waals surface area contributed by atoms with Gasteiger partial charge in [-0.2, -0.15) is 0 Å². The molecule has 0 unspecified atom stereocenters. The molecule has 1 atom stereocenters. The zero-order chi connectivity index (χ0) is 19.4. The topological polar surface area (TPSA) is 55.4 Å². The lowest BCUT2D eigenvalue weighted by atomic mass is 10.0. The minimum absolute atomic E-state index is 0.123. The summed E-state index contributed by atoms with van der Waals surface area (Å²) >= 11 is 0. The van der Waals surface area contributed by atoms with E-state index in [1.54, 1.807) is 6.07 Å². The van der Waals surface area contributed by atoms with Crippen molar-refractivity contribution < 1.29 is 14.3 Å². The third-order valence-electron chi connectivity index (χ3n) is 4.82. The van der Waals surface area contributed by atoms with E-state index in [4.69, 9.17) is 4.74 Å². The maximum absolute atomic E-state index is 12.3. The van der Waals surface area contributed by atoms with E-state index in [1.807, 2.05) is 43.3 Å². The number of rotatable bonds is 6. The van der Waals surface area contributed by atoms with Gasteiger partial charge in [0.1, 0.15) is 5.75 Å². The van der Waals surface area contributed by atoms with E-state index in [9.17, 15) is 9.59 Å². The van der Waals surface area contributed by atoms with Crippen LogP contribution in [0.3, 0.4) is 0 Å². The van der Waals surface area contributed by atoms with Crippen molar-refractivity contribution in [3.05, 3.63) is 76.9 Å². The number of carbonyl (C=O) groups excluding carboxylic acids is 2. The van der Waals surface area contributed by atoms with Gasteiger partial charge < -0.3 is 10.1 Å². The van der Waals surface area contributed by atoms with E-state index in [2.05, 4.69) is 31.3 Å². The number of carbonyl (C=O) groups is 2. The first kappa shape index (κ1) is 18.6. The number of aryl methyl sites for hydroxylation is 2. The third-order valence-corrected chi connectivity index (χ3v) is 4.82. The Bertz CT molecular complexity index is 994. The summed E-state index contributed by atoms with van der Waals surface area (Å²) in [7, 11) is 0. The summed E-state index contributed by atoms with van der Waals surface area (Å²) in [5, 5.41) is 4.71. The molecule has 0 aromatic heterocycles. The van der Waals surface area contributed by atoms with E-state index in [0.717, 1.165) is 22.6 Å². The van der Waals surface area contributed by atoms with Crippen molar-refractivity contribution >= 4 is 23.0 Å². The summed E-state index contributed by atoms with van der Waals surface area (Å²) in [6.45, 7) is 5.91. The van der Waals surface area contributed by atoms with E-state index < -0.39 is 0 Å². The van der Waals surface area contributed by atoms with Gasteiger partial charge >= 0.3 is 0 Å². The van der Waals surface area contributed by atoms with Gasteiger partial charge in [-0.3, -0.25) is 9.59 Å². The maximum Gasteiger partial charge on any atom is 0.258 e. The fraction of sp³-hybridized carbons (Fsp3) is 0.217. The van der Waals surface area contributed by atoms with Crippen molar-refractivity contribution in [2.45, 2.75) is 26.8 Å². The Kier molecular flexibility index (Phi) is 5.55. The number of aldehydes is 1. The molecule has 3 rings (SSSR count). The third kappa shape index (κ3) is 4.17. The summed E-state index contributed by atoms with van der Waals surface area (Å²) in [4.78, 5) is 23.8. The molecule has 0 bridgehead atoms. The molecule has 138 valence electrons. The van der Waals surface area contributed by atoms with Crippen molar-refractivity contribution in [1.82, 2.24) is 5.32 Å². The summed E-state index contributed by atoms with van der Waals surface area (Å²) in [6, 6.07) is 17.2. The average molecular weight is 361 g/mol. The quantitative estimate of drug-likeness (QED) is 0.657. The Morgan fingerprint density at radius 1 is 1.07 bits per heavy atom. The molecule has 1 amide bonds. The zero-order valence-electron chi connectivity index (χ0n) is 15.8. The molecule has 3 aromatic carbocycles. The van der Waals surface area contributed by atoms with Crippen LogP contribution in [-0.4, -0.2) is 18.8 Å². The molecule has 4 nitrogen and oxygen atoms in total. The van der Waals surface area contributed by atoms with E-state index in [0.29, 0.717) is 11.3 Å². The first-order valence-electron chi connectivity index (χ1n) is 8.96. The van der Waals surface area contributed by atoms with Gasteiger partial charge in [0.2, 0.25) is 0 Å². The van der Waals surface area contributed by atoms with Crippen LogP contribution in [0.4, 0.5) is 0 Å². The van der Waals surface area contributed by atoms with Crippen LogP contribution in [0, 0.1) is 13.8 Å². The molecule has 1 N–H and O–H groups in total. The standard InChI is InChI=1S/C23H23NO3/c1-15-8-9-19(12-16(15)2)17(3)24-23(26)14-27-22-11-10-18-6-4-5-7-20(18)21(22)13-25/h4-13,17H,14H2,1-3H3,(H,24,26)/t17-/m1/s1. The summed E-state index contributed by atoms with van der Waals surface area (Å²) < 4.78 is 5.63. The van der Waals surface area contributed by atoms with Gasteiger partial charge in [-0.15, -0.1) is 0 Å². The van der Waals surface area contributed by atoms with Crippen molar-refractivity contribution in [1.29, 1.82) is 0 Å². The number of benzene rings is 3. The van der Waals surface area contributed by atoms with Gasteiger partial charge in [-0.1, -0.05) is 48.5 Å². The fourth-order valence-electron chi connectivity index (χ4n) is 3.07. The molecule has 27 heavy (non-hydrogen) atoms. The Hall–Kier alpha value is -3.14. The molecule has 0 aliphatic rings. The van der Waals surface area contributed by atoms with Crippen LogP contribution >= 0.6 is 0 Å². The van der Waals surface area contributed by atoms with Crippen LogP contribution in [-0.2, 0) is 4.79 Å². The van der Waals surface area contributed by atoms with E-state index in [1.165, 1.54) is 11.1 Å². The molecule has 0 saturated carbocycles. The van der Waals surface area contributed by atoms with Gasteiger partial charge in [0.25, 0.3) is 5.91 Å². The monoisotopic (exact) mass is 361 g/mol. The lowest BCUT2D eigenvalue weighted by Gasteiger charge is -2.16. The highest BCUT2D eigenvalue weighted by molar-refractivity contribution is 6.00. The van der Waals surface area contributed by atoms with E-state index >= 15 is 0 Å². The Labute approximate surface area is 159 Å². The van der Waals surface area contributed by atoms with Gasteiger partial charge in [-0.25, -0.2) is 0 Å². The average Bonchev–Trinajstić information content (AvgIpc) is 2.67. The zero-order valence-corrected chi connectivity index (χ0v) is 15.8. The molecule has 0 aliphatic heterocycles.